The van der Waals surface area contributed by atoms with Crippen LogP contribution in [0, 0.1) is 11.3 Å². The largest absolute Gasteiger partial charge is 0.397 e. The summed E-state index contributed by atoms with van der Waals surface area (Å²) in [6.07, 6.45) is 5.36. The number of pyridine rings is 1. The van der Waals surface area contributed by atoms with Gasteiger partial charge in [-0.05, 0) is 30.9 Å². The highest BCUT2D eigenvalue weighted by Gasteiger charge is 2.49. The molecule has 92 valence electrons. The Balaban J connectivity index is 1.82. The Morgan fingerprint density at radius 3 is 3.06 bits per heavy atom. The molecule has 3 rings (SSSR count). The quantitative estimate of drug-likeness (QED) is 0.807. The molecule has 4 nitrogen and oxygen atoms in total. The molecule has 2 atom stereocenters. The van der Waals surface area contributed by atoms with Crippen molar-refractivity contribution in [1.29, 1.82) is 0 Å². The molecule has 2 fully saturated rings. The van der Waals surface area contributed by atoms with Gasteiger partial charge in [0.2, 0.25) is 0 Å². The molecule has 0 radical (unpaired) electrons. The number of nitrogens with zero attached hydrogens (tertiary/aromatic N) is 2. The van der Waals surface area contributed by atoms with E-state index in [-0.39, 0.29) is 5.41 Å². The van der Waals surface area contributed by atoms with Crippen LogP contribution in [-0.2, 0) is 0 Å². The van der Waals surface area contributed by atoms with Gasteiger partial charge in [-0.25, -0.2) is 4.98 Å². The zero-order valence-corrected chi connectivity index (χ0v) is 9.97. The van der Waals surface area contributed by atoms with E-state index >= 15 is 0 Å². The fourth-order valence-corrected chi connectivity index (χ4v) is 3.43. The second kappa shape index (κ2) is 3.88. The van der Waals surface area contributed by atoms with Gasteiger partial charge in [0.1, 0.15) is 5.82 Å². The maximum atomic E-state index is 9.67. The number of rotatable bonds is 2. The minimum atomic E-state index is 0.128. The zero-order chi connectivity index (χ0) is 11.9. The lowest BCUT2D eigenvalue weighted by atomic mass is 9.82. The van der Waals surface area contributed by atoms with Gasteiger partial charge in [-0.2, -0.15) is 0 Å². The lowest BCUT2D eigenvalue weighted by molar-refractivity contribution is 0.121. The maximum absolute atomic E-state index is 9.67. The Bertz CT molecular complexity index is 406. The van der Waals surface area contributed by atoms with Crippen molar-refractivity contribution in [3.8, 4) is 0 Å². The standard InChI is InChI=1S/C13H19N3O/c14-11-3-4-12(15-6-11)16-7-10-2-1-5-13(10,8-16)9-17/h3-4,6,10,17H,1-2,5,7-9,14H2/t10-,13-/m0/s1. The molecule has 0 aromatic carbocycles. The molecule has 1 aliphatic carbocycles. The van der Waals surface area contributed by atoms with Gasteiger partial charge in [0.05, 0.1) is 18.5 Å². The van der Waals surface area contributed by atoms with Crippen molar-refractivity contribution >= 4 is 11.5 Å². The van der Waals surface area contributed by atoms with Crippen molar-refractivity contribution in [3.63, 3.8) is 0 Å². The summed E-state index contributed by atoms with van der Waals surface area (Å²) in [6, 6.07) is 3.86. The van der Waals surface area contributed by atoms with Crippen molar-refractivity contribution in [1.82, 2.24) is 4.98 Å². The molecule has 2 aliphatic rings. The summed E-state index contributed by atoms with van der Waals surface area (Å²) in [7, 11) is 0. The average molecular weight is 233 g/mol. The fraction of sp³-hybridized carbons (Fsp3) is 0.615. The van der Waals surface area contributed by atoms with Gasteiger partial charge in [0, 0.05) is 18.5 Å². The van der Waals surface area contributed by atoms with E-state index in [1.54, 1.807) is 6.20 Å². The minimum Gasteiger partial charge on any atom is -0.397 e. The predicted octanol–water partition coefficient (Wildman–Crippen LogP) is 1.26. The Morgan fingerprint density at radius 2 is 2.41 bits per heavy atom. The van der Waals surface area contributed by atoms with Gasteiger partial charge in [0.15, 0.2) is 0 Å². The van der Waals surface area contributed by atoms with E-state index in [2.05, 4.69) is 9.88 Å². The van der Waals surface area contributed by atoms with E-state index in [1.165, 1.54) is 12.8 Å². The first-order valence-electron chi connectivity index (χ1n) is 6.31. The van der Waals surface area contributed by atoms with E-state index in [0.717, 1.165) is 25.3 Å². The van der Waals surface area contributed by atoms with E-state index in [4.69, 9.17) is 5.73 Å². The van der Waals surface area contributed by atoms with Gasteiger partial charge >= 0.3 is 0 Å². The van der Waals surface area contributed by atoms with E-state index in [1.807, 2.05) is 12.1 Å². The summed E-state index contributed by atoms with van der Waals surface area (Å²) < 4.78 is 0. The number of hydrogen-bond acceptors (Lipinski definition) is 4. The third-order valence-electron chi connectivity index (χ3n) is 4.45. The highest BCUT2D eigenvalue weighted by Crippen LogP contribution is 2.48. The van der Waals surface area contributed by atoms with Crippen LogP contribution in [0.2, 0.25) is 0 Å². The van der Waals surface area contributed by atoms with Crippen molar-refractivity contribution in [2.45, 2.75) is 19.3 Å². The summed E-state index contributed by atoms with van der Waals surface area (Å²) in [4.78, 5) is 6.66. The molecule has 1 saturated heterocycles. The molecule has 1 aliphatic heterocycles. The second-order valence-corrected chi connectivity index (χ2v) is 5.44. The molecule has 0 bridgehead atoms. The predicted molar refractivity (Wildman–Crippen MR) is 67.7 cm³/mol. The van der Waals surface area contributed by atoms with Crippen LogP contribution in [0.5, 0.6) is 0 Å². The van der Waals surface area contributed by atoms with E-state index in [9.17, 15) is 5.11 Å². The third kappa shape index (κ3) is 1.67. The Hall–Kier alpha value is -1.29. The molecule has 1 aromatic heterocycles. The molecule has 1 saturated carbocycles. The monoisotopic (exact) mass is 233 g/mol. The summed E-state index contributed by atoms with van der Waals surface area (Å²) in [5.74, 6) is 1.62. The van der Waals surface area contributed by atoms with Crippen LogP contribution < -0.4 is 10.6 Å². The van der Waals surface area contributed by atoms with E-state index in [0.29, 0.717) is 18.2 Å². The first kappa shape index (κ1) is 10.8. The molecule has 3 N–H and O–H groups in total. The van der Waals surface area contributed by atoms with Gasteiger partial charge in [0.25, 0.3) is 0 Å². The molecular formula is C13H19N3O. The maximum Gasteiger partial charge on any atom is 0.128 e. The van der Waals surface area contributed by atoms with Crippen LogP contribution in [0.25, 0.3) is 0 Å². The molecule has 0 unspecified atom stereocenters. The number of nitrogen functional groups attached to an aromatic ring is 1. The number of aliphatic hydroxyl groups excluding tert-OH is 1. The topological polar surface area (TPSA) is 62.4 Å². The first-order valence-corrected chi connectivity index (χ1v) is 6.31. The highest BCUT2D eigenvalue weighted by atomic mass is 16.3. The van der Waals surface area contributed by atoms with Gasteiger partial charge in [-0.1, -0.05) is 6.42 Å². The minimum absolute atomic E-state index is 0.128. The van der Waals surface area contributed by atoms with Crippen LogP contribution in [0.3, 0.4) is 0 Å². The van der Waals surface area contributed by atoms with Crippen LogP contribution in [-0.4, -0.2) is 29.8 Å². The van der Waals surface area contributed by atoms with Gasteiger partial charge < -0.3 is 15.7 Å². The molecule has 0 amide bonds. The molecule has 2 heterocycles. The molecule has 17 heavy (non-hydrogen) atoms. The summed E-state index contributed by atoms with van der Waals surface area (Å²) in [5, 5.41) is 9.67. The number of hydrogen-bond donors (Lipinski definition) is 2. The van der Waals surface area contributed by atoms with Gasteiger partial charge in [-0.15, -0.1) is 0 Å². The molecular weight excluding hydrogens is 214 g/mol. The van der Waals surface area contributed by atoms with Crippen LogP contribution in [0.4, 0.5) is 11.5 Å². The number of fused-ring (bicyclic) bond motifs is 1. The van der Waals surface area contributed by atoms with Crippen LogP contribution in [0.1, 0.15) is 19.3 Å². The smallest absolute Gasteiger partial charge is 0.128 e. The summed E-state index contributed by atoms with van der Waals surface area (Å²) in [5.41, 5.74) is 6.48. The number of anilines is 2. The zero-order valence-electron chi connectivity index (χ0n) is 9.97. The molecule has 0 spiro atoms. The van der Waals surface area contributed by atoms with Crippen molar-refractivity contribution in [2.24, 2.45) is 11.3 Å². The third-order valence-corrected chi connectivity index (χ3v) is 4.45. The second-order valence-electron chi connectivity index (χ2n) is 5.44. The lowest BCUT2D eigenvalue weighted by Crippen LogP contribution is -2.31. The first-order chi connectivity index (χ1) is 8.23. The van der Waals surface area contributed by atoms with Gasteiger partial charge in [-0.3, -0.25) is 0 Å². The van der Waals surface area contributed by atoms with Crippen LogP contribution >= 0.6 is 0 Å². The summed E-state index contributed by atoms with van der Waals surface area (Å²) in [6.45, 7) is 2.27. The molecule has 4 heteroatoms. The van der Waals surface area contributed by atoms with Crippen molar-refractivity contribution < 1.29 is 5.11 Å². The lowest BCUT2D eigenvalue weighted by Gasteiger charge is -2.26. The summed E-state index contributed by atoms with van der Waals surface area (Å²) >= 11 is 0. The number of aliphatic hydroxyl groups is 1. The Labute approximate surface area is 101 Å². The van der Waals surface area contributed by atoms with E-state index < -0.39 is 0 Å². The molecule has 1 aromatic rings. The highest BCUT2D eigenvalue weighted by molar-refractivity contribution is 5.47. The normalized spacial score (nSPS) is 31.8. The van der Waals surface area contributed by atoms with Crippen molar-refractivity contribution in [3.05, 3.63) is 18.3 Å². The average Bonchev–Trinajstić information content (AvgIpc) is 2.86. The SMILES string of the molecule is Nc1ccc(N2C[C@@H]3CCC[C@@]3(CO)C2)nc1. The Morgan fingerprint density at radius 1 is 1.53 bits per heavy atom. The Kier molecular flexibility index (Phi) is 2.47. The van der Waals surface area contributed by atoms with Crippen LogP contribution in [0.15, 0.2) is 18.3 Å². The number of nitrogens with two attached hydrogens (primary N) is 1. The number of aromatic nitrogens is 1. The van der Waals surface area contributed by atoms with Crippen molar-refractivity contribution in [2.75, 3.05) is 30.3 Å². The fourth-order valence-electron chi connectivity index (χ4n) is 3.43.